The van der Waals surface area contributed by atoms with Gasteiger partial charge in [0.1, 0.15) is 0 Å². The van der Waals surface area contributed by atoms with Crippen molar-refractivity contribution in [1.29, 1.82) is 0 Å². The van der Waals surface area contributed by atoms with Crippen molar-refractivity contribution in [3.05, 3.63) is 45.7 Å². The van der Waals surface area contributed by atoms with E-state index < -0.39 is 0 Å². The van der Waals surface area contributed by atoms with Gasteiger partial charge in [-0.15, -0.1) is 0 Å². The van der Waals surface area contributed by atoms with Crippen molar-refractivity contribution in [2.24, 2.45) is 0 Å². The zero-order valence-electron chi connectivity index (χ0n) is 14.7. The maximum absolute atomic E-state index is 4.73. The number of aromatic nitrogens is 2. The lowest BCUT2D eigenvalue weighted by Crippen LogP contribution is -2.06. The Balaban J connectivity index is 2.29. The first-order chi connectivity index (χ1) is 10.9. The number of rotatable bonds is 6. The second kappa shape index (κ2) is 7.91. The summed E-state index contributed by atoms with van der Waals surface area (Å²) in [6.07, 6.45) is 2.19. The van der Waals surface area contributed by atoms with Gasteiger partial charge in [-0.3, -0.25) is 0 Å². The van der Waals surface area contributed by atoms with Gasteiger partial charge in [0.25, 0.3) is 0 Å². The second-order valence-corrected chi connectivity index (χ2v) is 7.14. The molecule has 0 atom stereocenters. The van der Waals surface area contributed by atoms with E-state index in [1.54, 1.807) is 0 Å². The van der Waals surface area contributed by atoms with Crippen LogP contribution in [0, 0.1) is 6.92 Å². The molecule has 3 nitrogen and oxygen atoms in total. The summed E-state index contributed by atoms with van der Waals surface area (Å²) < 4.78 is 1.04. The maximum Gasteiger partial charge on any atom is 0.227 e. The first-order valence-corrected chi connectivity index (χ1v) is 9.15. The molecule has 0 unspecified atom stereocenters. The Kier molecular flexibility index (Phi) is 6.17. The molecule has 124 valence electrons. The molecular weight excluding hydrogens is 350 g/mol. The van der Waals surface area contributed by atoms with Crippen molar-refractivity contribution in [2.75, 3.05) is 5.32 Å². The number of halogens is 1. The van der Waals surface area contributed by atoms with Gasteiger partial charge >= 0.3 is 0 Å². The van der Waals surface area contributed by atoms with E-state index in [0.717, 1.165) is 34.4 Å². The van der Waals surface area contributed by atoms with Crippen molar-refractivity contribution >= 4 is 27.6 Å². The van der Waals surface area contributed by atoms with E-state index in [0.29, 0.717) is 17.8 Å². The van der Waals surface area contributed by atoms with Crippen molar-refractivity contribution in [3.63, 3.8) is 0 Å². The van der Waals surface area contributed by atoms with Gasteiger partial charge in [0.05, 0.1) is 5.69 Å². The zero-order valence-corrected chi connectivity index (χ0v) is 16.2. The molecule has 1 heterocycles. The highest BCUT2D eigenvalue weighted by atomic mass is 79.9. The summed E-state index contributed by atoms with van der Waals surface area (Å²) in [5.41, 5.74) is 4.43. The van der Waals surface area contributed by atoms with Crippen molar-refractivity contribution in [3.8, 4) is 0 Å². The zero-order chi connectivity index (χ0) is 17.0. The molecule has 0 bridgehead atoms. The number of nitrogens with one attached hydrogen (secondary N) is 1. The highest BCUT2D eigenvalue weighted by Gasteiger charge is 2.12. The molecule has 0 aliphatic heterocycles. The fraction of sp³-hybridized carbons (Fsp3) is 0.474. The number of benzene rings is 1. The van der Waals surface area contributed by atoms with Crippen LogP contribution in [0.2, 0.25) is 0 Å². The smallest absolute Gasteiger partial charge is 0.227 e. The third-order valence-electron chi connectivity index (χ3n) is 4.18. The monoisotopic (exact) mass is 375 g/mol. The number of hydrogen-bond acceptors (Lipinski definition) is 3. The molecule has 2 rings (SSSR count). The summed E-state index contributed by atoms with van der Waals surface area (Å²) in [6, 6.07) is 8.49. The molecule has 0 saturated heterocycles. The van der Waals surface area contributed by atoms with Crippen molar-refractivity contribution < 1.29 is 0 Å². The molecular formula is C19H26BrN3. The topological polar surface area (TPSA) is 37.8 Å². The predicted molar refractivity (Wildman–Crippen MR) is 102 cm³/mol. The van der Waals surface area contributed by atoms with Gasteiger partial charge in [-0.25, -0.2) is 9.97 Å². The van der Waals surface area contributed by atoms with Crippen LogP contribution < -0.4 is 5.32 Å². The molecule has 0 radical (unpaired) electrons. The Morgan fingerprint density at radius 1 is 1.09 bits per heavy atom. The largest absolute Gasteiger partial charge is 0.323 e. The van der Waals surface area contributed by atoms with Gasteiger partial charge < -0.3 is 5.32 Å². The summed E-state index contributed by atoms with van der Waals surface area (Å²) in [4.78, 5) is 9.26. The van der Waals surface area contributed by atoms with Crippen LogP contribution in [0.25, 0.3) is 0 Å². The van der Waals surface area contributed by atoms with Gasteiger partial charge in [-0.1, -0.05) is 33.8 Å². The first-order valence-electron chi connectivity index (χ1n) is 8.36. The number of anilines is 2. The van der Waals surface area contributed by atoms with E-state index >= 15 is 0 Å². The molecule has 1 aromatic heterocycles. The van der Waals surface area contributed by atoms with Crippen LogP contribution in [0.15, 0.2) is 28.7 Å². The first kappa shape index (κ1) is 17.9. The van der Waals surface area contributed by atoms with E-state index in [-0.39, 0.29) is 0 Å². The molecule has 2 aromatic rings. The minimum Gasteiger partial charge on any atom is -0.323 e. The summed E-state index contributed by atoms with van der Waals surface area (Å²) in [5, 5.41) is 3.35. The van der Waals surface area contributed by atoms with E-state index in [1.807, 2.05) is 6.92 Å². The molecule has 1 aromatic carbocycles. The highest BCUT2D eigenvalue weighted by molar-refractivity contribution is 9.10. The van der Waals surface area contributed by atoms with Gasteiger partial charge in [0.15, 0.2) is 0 Å². The Labute approximate surface area is 148 Å². The Bertz CT molecular complexity index is 664. The molecule has 0 aliphatic carbocycles. The van der Waals surface area contributed by atoms with Crippen LogP contribution in [0.1, 0.15) is 69.3 Å². The van der Waals surface area contributed by atoms with Crippen LogP contribution in [0.3, 0.4) is 0 Å². The molecule has 0 spiro atoms. The predicted octanol–water partition coefficient (Wildman–Crippen LogP) is 6.32. The molecule has 1 N–H and O–H groups in total. The SMILES string of the molecule is CCC(CC)c1cc(C)nc(Nc2ccc(C(C)C)cc2Br)n1. The molecule has 0 fully saturated rings. The average Bonchev–Trinajstić information content (AvgIpc) is 2.50. The van der Waals surface area contributed by atoms with Gasteiger partial charge in [-0.05, 0) is 65.4 Å². The molecule has 4 heteroatoms. The summed E-state index contributed by atoms with van der Waals surface area (Å²) >= 11 is 3.65. The summed E-state index contributed by atoms with van der Waals surface area (Å²) in [6.45, 7) is 10.8. The Hall–Kier alpha value is -1.42. The van der Waals surface area contributed by atoms with E-state index in [2.05, 4.69) is 78.2 Å². The fourth-order valence-corrected chi connectivity index (χ4v) is 3.17. The highest BCUT2D eigenvalue weighted by Crippen LogP contribution is 2.29. The molecule has 23 heavy (non-hydrogen) atoms. The van der Waals surface area contributed by atoms with Crippen LogP contribution in [0.4, 0.5) is 11.6 Å². The minimum absolute atomic E-state index is 0.490. The molecule has 0 amide bonds. The van der Waals surface area contributed by atoms with E-state index in [9.17, 15) is 0 Å². The lowest BCUT2D eigenvalue weighted by Gasteiger charge is -2.15. The summed E-state index contributed by atoms with van der Waals surface area (Å²) in [5.74, 6) is 1.67. The van der Waals surface area contributed by atoms with Crippen LogP contribution in [-0.2, 0) is 0 Å². The average molecular weight is 376 g/mol. The second-order valence-electron chi connectivity index (χ2n) is 6.29. The van der Waals surface area contributed by atoms with Gasteiger partial charge in [0.2, 0.25) is 5.95 Å². The van der Waals surface area contributed by atoms with Gasteiger partial charge in [0, 0.05) is 21.8 Å². The van der Waals surface area contributed by atoms with Crippen molar-refractivity contribution in [1.82, 2.24) is 9.97 Å². The number of nitrogens with zero attached hydrogens (tertiary/aromatic N) is 2. The standard InChI is InChI=1S/C19H26BrN3/c1-6-14(7-2)18-10-13(5)21-19(23-18)22-17-9-8-15(12(3)4)11-16(17)20/h8-12,14H,6-7H2,1-5H3,(H,21,22,23). The quantitative estimate of drug-likeness (QED) is 0.641. The van der Waals surface area contributed by atoms with E-state index in [4.69, 9.17) is 4.98 Å². The fourth-order valence-electron chi connectivity index (χ4n) is 2.68. The lowest BCUT2D eigenvalue weighted by atomic mass is 9.99. The maximum atomic E-state index is 4.73. The number of hydrogen-bond donors (Lipinski definition) is 1. The third kappa shape index (κ3) is 4.54. The summed E-state index contributed by atoms with van der Waals surface area (Å²) in [7, 11) is 0. The third-order valence-corrected chi connectivity index (χ3v) is 4.84. The molecule has 0 aliphatic rings. The Morgan fingerprint density at radius 2 is 1.78 bits per heavy atom. The van der Waals surface area contributed by atoms with Crippen LogP contribution >= 0.6 is 15.9 Å². The Morgan fingerprint density at radius 3 is 2.35 bits per heavy atom. The minimum atomic E-state index is 0.490. The van der Waals surface area contributed by atoms with E-state index in [1.165, 1.54) is 5.56 Å². The lowest BCUT2D eigenvalue weighted by molar-refractivity contribution is 0.621. The van der Waals surface area contributed by atoms with Crippen LogP contribution in [0.5, 0.6) is 0 Å². The normalized spacial score (nSPS) is 11.3. The van der Waals surface area contributed by atoms with Crippen molar-refractivity contribution in [2.45, 2.75) is 59.3 Å². The van der Waals surface area contributed by atoms with Gasteiger partial charge in [-0.2, -0.15) is 0 Å². The van der Waals surface area contributed by atoms with Crippen LogP contribution in [-0.4, -0.2) is 9.97 Å². The number of aryl methyl sites for hydroxylation is 1. The molecule has 0 saturated carbocycles.